The van der Waals surface area contributed by atoms with E-state index in [1.807, 2.05) is 0 Å². The molecule has 1 rings (SSSR count). The third-order valence-corrected chi connectivity index (χ3v) is 5.78. The second-order valence-electron chi connectivity index (χ2n) is 5.68. The highest BCUT2D eigenvalue weighted by Gasteiger charge is 2.31. The monoisotopic (exact) mass is 374 g/mol. The number of ether oxygens (including phenoxy) is 3. The highest BCUT2D eigenvalue weighted by atomic mass is 32.2. The van der Waals surface area contributed by atoms with Gasteiger partial charge in [0.25, 0.3) is 10.2 Å². The van der Waals surface area contributed by atoms with Crippen LogP contribution in [0.3, 0.4) is 0 Å². The SMILES string of the molecule is COC(=O)CN(Cc1cc(OC)cc(OC)c1)S(=O)(=O)N(C)C(C)C. The van der Waals surface area contributed by atoms with Crippen molar-refractivity contribution in [3.8, 4) is 11.5 Å². The van der Waals surface area contributed by atoms with Crippen molar-refractivity contribution in [2.45, 2.75) is 26.4 Å². The minimum absolute atomic E-state index is 0.0257. The maximum Gasteiger partial charge on any atom is 0.321 e. The zero-order chi connectivity index (χ0) is 19.2. The summed E-state index contributed by atoms with van der Waals surface area (Å²) in [5.41, 5.74) is 0.626. The first-order valence-electron chi connectivity index (χ1n) is 7.67. The van der Waals surface area contributed by atoms with Gasteiger partial charge in [0, 0.05) is 25.7 Å². The molecule has 0 bridgehead atoms. The molecule has 0 fully saturated rings. The molecule has 0 aliphatic heterocycles. The van der Waals surface area contributed by atoms with Gasteiger partial charge in [-0.1, -0.05) is 0 Å². The summed E-state index contributed by atoms with van der Waals surface area (Å²) in [6, 6.07) is 4.81. The number of hydrogen-bond acceptors (Lipinski definition) is 6. The molecular weight excluding hydrogens is 348 g/mol. The van der Waals surface area contributed by atoms with Crippen LogP contribution < -0.4 is 9.47 Å². The van der Waals surface area contributed by atoms with Crippen LogP contribution in [-0.2, 0) is 26.3 Å². The lowest BCUT2D eigenvalue weighted by atomic mass is 10.2. The molecule has 8 nitrogen and oxygen atoms in total. The van der Waals surface area contributed by atoms with Crippen LogP contribution in [0, 0.1) is 0 Å². The molecule has 25 heavy (non-hydrogen) atoms. The Labute approximate surface area is 149 Å². The van der Waals surface area contributed by atoms with Crippen LogP contribution in [-0.4, -0.2) is 64.0 Å². The van der Waals surface area contributed by atoms with Crippen molar-refractivity contribution >= 4 is 16.2 Å². The largest absolute Gasteiger partial charge is 0.497 e. The number of esters is 1. The fraction of sp³-hybridized carbons (Fsp3) is 0.562. The van der Waals surface area contributed by atoms with Crippen LogP contribution in [0.5, 0.6) is 11.5 Å². The van der Waals surface area contributed by atoms with Crippen LogP contribution in [0.4, 0.5) is 0 Å². The van der Waals surface area contributed by atoms with Gasteiger partial charge in [-0.3, -0.25) is 4.79 Å². The standard InChI is InChI=1S/C16H26N2O6S/c1-12(2)17(3)25(20,21)18(11-16(19)24-6)10-13-7-14(22-4)9-15(8-13)23-5/h7-9,12H,10-11H2,1-6H3. The number of nitrogens with zero attached hydrogens (tertiary/aromatic N) is 2. The smallest absolute Gasteiger partial charge is 0.321 e. The van der Waals surface area contributed by atoms with Crippen molar-refractivity contribution in [3.63, 3.8) is 0 Å². The third kappa shape index (κ3) is 5.58. The molecule has 0 aliphatic rings. The van der Waals surface area contributed by atoms with E-state index in [2.05, 4.69) is 4.74 Å². The molecular formula is C16H26N2O6S. The Kier molecular flexibility index (Phi) is 7.65. The molecule has 1 aromatic carbocycles. The highest BCUT2D eigenvalue weighted by molar-refractivity contribution is 7.86. The molecule has 0 saturated carbocycles. The van der Waals surface area contributed by atoms with Gasteiger partial charge in [0.2, 0.25) is 0 Å². The Bertz CT molecular complexity index is 668. The van der Waals surface area contributed by atoms with Gasteiger partial charge in [-0.15, -0.1) is 0 Å². The van der Waals surface area contributed by atoms with Crippen LogP contribution in [0.2, 0.25) is 0 Å². The molecule has 0 unspecified atom stereocenters. The Morgan fingerprint density at radius 1 is 1.08 bits per heavy atom. The van der Waals surface area contributed by atoms with E-state index >= 15 is 0 Å². The lowest BCUT2D eigenvalue weighted by molar-refractivity contribution is -0.140. The van der Waals surface area contributed by atoms with Gasteiger partial charge in [0.05, 0.1) is 21.3 Å². The van der Waals surface area contributed by atoms with Crippen LogP contribution in [0.25, 0.3) is 0 Å². The number of methoxy groups -OCH3 is 3. The summed E-state index contributed by atoms with van der Waals surface area (Å²) in [5.74, 6) is 0.416. The molecule has 0 aromatic heterocycles. The van der Waals surface area contributed by atoms with E-state index in [9.17, 15) is 13.2 Å². The first-order chi connectivity index (χ1) is 11.6. The number of carbonyl (C=O) groups excluding carboxylic acids is 1. The Balaban J connectivity index is 3.24. The van der Waals surface area contributed by atoms with E-state index in [4.69, 9.17) is 9.47 Å². The molecule has 0 amide bonds. The van der Waals surface area contributed by atoms with Gasteiger partial charge in [0.15, 0.2) is 0 Å². The molecule has 0 saturated heterocycles. The van der Waals surface area contributed by atoms with Crippen molar-refractivity contribution in [1.82, 2.24) is 8.61 Å². The first kappa shape index (κ1) is 21.2. The summed E-state index contributed by atoms with van der Waals surface area (Å²) in [5, 5.41) is 0. The minimum atomic E-state index is -3.86. The molecule has 9 heteroatoms. The van der Waals surface area contributed by atoms with E-state index in [1.54, 1.807) is 32.0 Å². The average Bonchev–Trinajstić information content (AvgIpc) is 2.59. The quantitative estimate of drug-likeness (QED) is 0.605. The van der Waals surface area contributed by atoms with Crippen LogP contribution in [0.15, 0.2) is 18.2 Å². The van der Waals surface area contributed by atoms with Crippen LogP contribution in [0.1, 0.15) is 19.4 Å². The summed E-state index contributed by atoms with van der Waals surface area (Å²) < 4.78 is 42.9. The lowest BCUT2D eigenvalue weighted by Gasteiger charge is -2.29. The predicted octanol–water partition coefficient (Wildman–Crippen LogP) is 1.26. The molecule has 0 radical (unpaired) electrons. The van der Waals surface area contributed by atoms with E-state index in [0.29, 0.717) is 17.1 Å². The fourth-order valence-electron chi connectivity index (χ4n) is 2.04. The van der Waals surface area contributed by atoms with E-state index in [-0.39, 0.29) is 12.6 Å². The van der Waals surface area contributed by atoms with Gasteiger partial charge in [-0.05, 0) is 31.5 Å². The van der Waals surface area contributed by atoms with Crippen molar-refractivity contribution in [2.24, 2.45) is 0 Å². The maximum absolute atomic E-state index is 12.8. The van der Waals surface area contributed by atoms with Crippen molar-refractivity contribution in [2.75, 3.05) is 34.9 Å². The number of carbonyl (C=O) groups is 1. The summed E-state index contributed by atoms with van der Waals surface area (Å²) in [6.45, 7) is 3.09. The molecule has 0 atom stereocenters. The van der Waals surface area contributed by atoms with Gasteiger partial charge in [-0.25, -0.2) is 0 Å². The van der Waals surface area contributed by atoms with Gasteiger partial charge >= 0.3 is 5.97 Å². The summed E-state index contributed by atoms with van der Waals surface area (Å²) in [7, 11) is 1.84. The topological polar surface area (TPSA) is 85.4 Å². The van der Waals surface area contributed by atoms with Gasteiger partial charge < -0.3 is 14.2 Å². The van der Waals surface area contributed by atoms with Crippen molar-refractivity contribution in [1.29, 1.82) is 0 Å². The molecule has 0 spiro atoms. The van der Waals surface area contributed by atoms with Gasteiger partial charge in [-0.2, -0.15) is 17.0 Å². The van der Waals surface area contributed by atoms with E-state index < -0.39 is 22.7 Å². The normalized spacial score (nSPS) is 11.9. The molecule has 1 aromatic rings. The number of hydrogen-bond donors (Lipinski definition) is 0. The summed E-state index contributed by atoms with van der Waals surface area (Å²) in [4.78, 5) is 11.7. The molecule has 0 N–H and O–H groups in total. The molecule has 0 heterocycles. The predicted molar refractivity (Wildman–Crippen MR) is 93.8 cm³/mol. The first-order valence-corrected chi connectivity index (χ1v) is 9.07. The van der Waals surface area contributed by atoms with Gasteiger partial charge in [0.1, 0.15) is 18.0 Å². The molecule has 142 valence electrons. The fourth-order valence-corrected chi connectivity index (χ4v) is 3.52. The zero-order valence-corrected chi connectivity index (χ0v) is 16.3. The molecule has 0 aliphatic carbocycles. The third-order valence-electron chi connectivity index (χ3n) is 3.72. The van der Waals surface area contributed by atoms with E-state index in [0.717, 1.165) is 4.31 Å². The van der Waals surface area contributed by atoms with Crippen molar-refractivity contribution < 1.29 is 27.4 Å². The minimum Gasteiger partial charge on any atom is -0.497 e. The lowest BCUT2D eigenvalue weighted by Crippen LogP contribution is -2.46. The highest BCUT2D eigenvalue weighted by Crippen LogP contribution is 2.24. The second-order valence-corrected chi connectivity index (χ2v) is 7.67. The van der Waals surface area contributed by atoms with Crippen LogP contribution >= 0.6 is 0 Å². The zero-order valence-electron chi connectivity index (χ0n) is 15.5. The Morgan fingerprint density at radius 2 is 1.60 bits per heavy atom. The maximum atomic E-state index is 12.8. The van der Waals surface area contributed by atoms with E-state index in [1.165, 1.54) is 32.7 Å². The number of rotatable bonds is 9. The number of benzene rings is 1. The Hall–Kier alpha value is -1.84. The average molecular weight is 374 g/mol. The summed E-state index contributed by atoms with van der Waals surface area (Å²) >= 11 is 0. The Morgan fingerprint density at radius 3 is 2.00 bits per heavy atom. The van der Waals surface area contributed by atoms with Crippen molar-refractivity contribution in [3.05, 3.63) is 23.8 Å². The second kappa shape index (κ2) is 9.02. The summed E-state index contributed by atoms with van der Waals surface area (Å²) in [6.07, 6.45) is 0.